The molecule has 0 bridgehead atoms. The second kappa shape index (κ2) is 7.39. The summed E-state index contributed by atoms with van der Waals surface area (Å²) in [6, 6.07) is 1.96. The zero-order chi connectivity index (χ0) is 16.2. The summed E-state index contributed by atoms with van der Waals surface area (Å²) in [4.78, 5) is 23.3. The van der Waals surface area contributed by atoms with Crippen molar-refractivity contribution < 1.29 is 9.53 Å². The van der Waals surface area contributed by atoms with Crippen LogP contribution in [0.5, 0.6) is 0 Å². The minimum absolute atomic E-state index is 0.125. The molecule has 0 unspecified atom stereocenters. The van der Waals surface area contributed by atoms with Crippen LogP contribution < -0.4 is 0 Å². The van der Waals surface area contributed by atoms with E-state index in [-0.39, 0.29) is 12.0 Å². The third kappa shape index (κ3) is 4.28. The van der Waals surface area contributed by atoms with E-state index in [2.05, 4.69) is 9.97 Å². The average molecular weight is 317 g/mol. The molecule has 1 atom stereocenters. The molecule has 2 heterocycles. The van der Waals surface area contributed by atoms with E-state index in [0.29, 0.717) is 26.1 Å². The number of carbonyl (C=O) groups excluding carboxylic acids is 1. The summed E-state index contributed by atoms with van der Waals surface area (Å²) in [6.45, 7) is 5.75. The number of hydrogen-bond acceptors (Lipinski definition) is 4. The van der Waals surface area contributed by atoms with Crippen molar-refractivity contribution >= 4 is 5.91 Å². The number of carbonyl (C=O) groups is 1. The first kappa shape index (κ1) is 16.4. The minimum Gasteiger partial charge on any atom is -0.368 e. The van der Waals surface area contributed by atoms with Gasteiger partial charge in [0.15, 0.2) is 0 Å². The SMILES string of the molecule is Cc1cc([C@H]2CN(C(=O)CCC3CCCC3)CCO2)nc(C)n1. The van der Waals surface area contributed by atoms with Gasteiger partial charge in [0, 0.05) is 18.7 Å². The van der Waals surface area contributed by atoms with Gasteiger partial charge in [0.25, 0.3) is 0 Å². The van der Waals surface area contributed by atoms with Crippen LogP contribution >= 0.6 is 0 Å². The van der Waals surface area contributed by atoms with Crippen LogP contribution in [-0.4, -0.2) is 40.5 Å². The van der Waals surface area contributed by atoms with Gasteiger partial charge < -0.3 is 9.64 Å². The van der Waals surface area contributed by atoms with Crippen molar-refractivity contribution in [2.45, 2.75) is 58.5 Å². The van der Waals surface area contributed by atoms with Crippen LogP contribution in [0.2, 0.25) is 0 Å². The Balaban J connectivity index is 1.57. The summed E-state index contributed by atoms with van der Waals surface area (Å²) in [6.07, 6.45) is 6.89. The van der Waals surface area contributed by atoms with Crippen molar-refractivity contribution in [1.82, 2.24) is 14.9 Å². The Labute approximate surface area is 138 Å². The minimum atomic E-state index is -0.125. The van der Waals surface area contributed by atoms with Gasteiger partial charge in [-0.05, 0) is 32.3 Å². The Bertz CT molecular complexity index is 535. The van der Waals surface area contributed by atoms with E-state index in [1.807, 2.05) is 24.8 Å². The molecule has 1 amide bonds. The molecule has 5 heteroatoms. The van der Waals surface area contributed by atoms with Crippen LogP contribution in [0.15, 0.2) is 6.07 Å². The first-order valence-electron chi connectivity index (χ1n) is 8.83. The van der Waals surface area contributed by atoms with E-state index < -0.39 is 0 Å². The van der Waals surface area contributed by atoms with Crippen molar-refractivity contribution in [3.63, 3.8) is 0 Å². The smallest absolute Gasteiger partial charge is 0.222 e. The Kier molecular flexibility index (Phi) is 5.26. The van der Waals surface area contributed by atoms with Crippen LogP contribution in [-0.2, 0) is 9.53 Å². The molecule has 23 heavy (non-hydrogen) atoms. The van der Waals surface area contributed by atoms with Gasteiger partial charge in [0.2, 0.25) is 5.91 Å². The number of morpholine rings is 1. The number of aryl methyl sites for hydroxylation is 2. The van der Waals surface area contributed by atoms with Gasteiger partial charge in [-0.3, -0.25) is 4.79 Å². The lowest BCUT2D eigenvalue weighted by molar-refractivity contribution is -0.139. The zero-order valence-electron chi connectivity index (χ0n) is 14.3. The molecule has 2 fully saturated rings. The first-order valence-corrected chi connectivity index (χ1v) is 8.83. The molecule has 1 saturated heterocycles. The van der Waals surface area contributed by atoms with Crippen molar-refractivity contribution in [3.8, 4) is 0 Å². The predicted octanol–water partition coefficient (Wildman–Crippen LogP) is 2.96. The van der Waals surface area contributed by atoms with Crippen molar-refractivity contribution in [3.05, 3.63) is 23.3 Å². The third-order valence-electron chi connectivity index (χ3n) is 4.98. The summed E-state index contributed by atoms with van der Waals surface area (Å²) >= 11 is 0. The van der Waals surface area contributed by atoms with Crippen molar-refractivity contribution in [2.75, 3.05) is 19.7 Å². The molecule has 2 aliphatic rings. The summed E-state index contributed by atoms with van der Waals surface area (Å²) in [7, 11) is 0. The Hall–Kier alpha value is -1.49. The molecule has 1 aliphatic carbocycles. The van der Waals surface area contributed by atoms with Gasteiger partial charge in [0.05, 0.1) is 18.8 Å². The summed E-state index contributed by atoms with van der Waals surface area (Å²) in [5, 5.41) is 0. The van der Waals surface area contributed by atoms with E-state index in [0.717, 1.165) is 29.6 Å². The fourth-order valence-electron chi connectivity index (χ4n) is 3.75. The van der Waals surface area contributed by atoms with Crippen molar-refractivity contribution in [2.24, 2.45) is 5.92 Å². The lowest BCUT2D eigenvalue weighted by atomic mass is 10.0. The standard InChI is InChI=1S/C18H27N3O2/c1-13-11-16(20-14(2)19-13)17-12-21(9-10-23-17)18(22)8-7-15-5-3-4-6-15/h11,15,17H,3-10,12H2,1-2H3/t17-/m1/s1. The zero-order valence-corrected chi connectivity index (χ0v) is 14.3. The normalized spacial score (nSPS) is 22.5. The Morgan fingerprint density at radius 3 is 2.83 bits per heavy atom. The molecule has 0 spiro atoms. The fraction of sp³-hybridized carbons (Fsp3) is 0.722. The Morgan fingerprint density at radius 1 is 1.30 bits per heavy atom. The highest BCUT2D eigenvalue weighted by molar-refractivity contribution is 5.76. The Morgan fingerprint density at radius 2 is 2.09 bits per heavy atom. The fourth-order valence-corrected chi connectivity index (χ4v) is 3.75. The molecule has 0 N–H and O–H groups in total. The van der Waals surface area contributed by atoms with E-state index in [1.54, 1.807) is 0 Å². The second-order valence-corrected chi connectivity index (χ2v) is 6.87. The van der Waals surface area contributed by atoms with Crippen LogP contribution in [0.3, 0.4) is 0 Å². The number of rotatable bonds is 4. The highest BCUT2D eigenvalue weighted by Gasteiger charge is 2.27. The topological polar surface area (TPSA) is 55.3 Å². The van der Waals surface area contributed by atoms with Crippen LogP contribution in [0.25, 0.3) is 0 Å². The average Bonchev–Trinajstić information content (AvgIpc) is 3.05. The maximum Gasteiger partial charge on any atom is 0.222 e. The number of ether oxygens (including phenoxy) is 1. The molecular weight excluding hydrogens is 290 g/mol. The molecular formula is C18H27N3O2. The largest absolute Gasteiger partial charge is 0.368 e. The van der Waals surface area contributed by atoms with Gasteiger partial charge in [-0.15, -0.1) is 0 Å². The van der Waals surface area contributed by atoms with E-state index in [9.17, 15) is 4.79 Å². The molecule has 1 saturated carbocycles. The first-order chi connectivity index (χ1) is 11.1. The molecule has 126 valence electrons. The van der Waals surface area contributed by atoms with Gasteiger partial charge in [-0.2, -0.15) is 0 Å². The van der Waals surface area contributed by atoms with Crippen molar-refractivity contribution in [1.29, 1.82) is 0 Å². The molecule has 1 aromatic rings. The summed E-state index contributed by atoms with van der Waals surface area (Å²) in [5.74, 6) is 1.80. The lowest BCUT2D eigenvalue weighted by Gasteiger charge is -2.33. The molecule has 5 nitrogen and oxygen atoms in total. The van der Waals surface area contributed by atoms with Gasteiger partial charge >= 0.3 is 0 Å². The number of nitrogens with zero attached hydrogens (tertiary/aromatic N) is 3. The summed E-state index contributed by atoms with van der Waals surface area (Å²) in [5.41, 5.74) is 1.84. The predicted molar refractivity (Wildman–Crippen MR) is 88.0 cm³/mol. The molecule has 0 radical (unpaired) electrons. The number of aromatic nitrogens is 2. The highest BCUT2D eigenvalue weighted by atomic mass is 16.5. The van der Waals surface area contributed by atoms with Gasteiger partial charge in [-0.25, -0.2) is 9.97 Å². The lowest BCUT2D eigenvalue weighted by Crippen LogP contribution is -2.42. The second-order valence-electron chi connectivity index (χ2n) is 6.87. The quantitative estimate of drug-likeness (QED) is 0.857. The number of amides is 1. The maximum absolute atomic E-state index is 12.5. The van der Waals surface area contributed by atoms with Gasteiger partial charge in [0.1, 0.15) is 11.9 Å². The van der Waals surface area contributed by atoms with Gasteiger partial charge in [-0.1, -0.05) is 25.7 Å². The highest BCUT2D eigenvalue weighted by Crippen LogP contribution is 2.29. The third-order valence-corrected chi connectivity index (χ3v) is 4.98. The van der Waals surface area contributed by atoms with E-state index in [4.69, 9.17) is 4.74 Å². The monoisotopic (exact) mass is 317 g/mol. The molecule has 3 rings (SSSR count). The van der Waals surface area contributed by atoms with Crippen LogP contribution in [0.1, 0.15) is 61.8 Å². The molecule has 0 aromatic carbocycles. The maximum atomic E-state index is 12.5. The van der Waals surface area contributed by atoms with Crippen LogP contribution in [0.4, 0.5) is 0 Å². The van der Waals surface area contributed by atoms with Crippen LogP contribution in [0, 0.1) is 19.8 Å². The number of hydrogen-bond donors (Lipinski definition) is 0. The van der Waals surface area contributed by atoms with E-state index >= 15 is 0 Å². The molecule has 1 aliphatic heterocycles. The van der Waals surface area contributed by atoms with E-state index in [1.165, 1.54) is 25.7 Å². The summed E-state index contributed by atoms with van der Waals surface area (Å²) < 4.78 is 5.85. The molecule has 1 aromatic heterocycles.